The number of esters is 1. The fourth-order valence-electron chi connectivity index (χ4n) is 1.19. The normalized spacial score (nSPS) is 11.4. The molecule has 1 aromatic carbocycles. The maximum absolute atomic E-state index is 13.1. The number of hydrogen-bond donors (Lipinski definition) is 0. The van der Waals surface area contributed by atoms with Gasteiger partial charge in [0.05, 0.1) is 24.1 Å². The molecule has 0 heterocycles. The highest BCUT2D eigenvalue weighted by molar-refractivity contribution is 6.31. The minimum atomic E-state index is -4.77. The molecule has 0 fully saturated rings. The van der Waals surface area contributed by atoms with Crippen LogP contribution in [0.4, 0.5) is 17.6 Å². The second kappa shape index (κ2) is 4.91. The van der Waals surface area contributed by atoms with Crippen molar-refractivity contribution in [3.05, 3.63) is 34.1 Å². The molecule has 0 radical (unpaired) electrons. The van der Waals surface area contributed by atoms with E-state index in [9.17, 15) is 22.4 Å². The molecule has 0 aromatic heterocycles. The highest BCUT2D eigenvalue weighted by Crippen LogP contribution is 2.36. The minimum absolute atomic E-state index is 0.147. The molecular formula is C10H7ClF4O2. The first-order chi connectivity index (χ1) is 7.75. The number of hydrogen-bond acceptors (Lipinski definition) is 2. The Morgan fingerprint density at radius 2 is 2.00 bits per heavy atom. The van der Waals surface area contributed by atoms with Crippen LogP contribution >= 0.6 is 11.6 Å². The molecule has 2 nitrogen and oxygen atoms in total. The van der Waals surface area contributed by atoms with Crippen molar-refractivity contribution in [1.29, 1.82) is 0 Å². The molecular weight excluding hydrogens is 264 g/mol. The topological polar surface area (TPSA) is 26.3 Å². The molecule has 0 atom stereocenters. The number of halogens is 5. The Labute approximate surface area is 99.1 Å². The summed E-state index contributed by atoms with van der Waals surface area (Å²) in [6, 6.07) is 1.40. The van der Waals surface area contributed by atoms with Gasteiger partial charge in [-0.05, 0) is 17.7 Å². The molecule has 0 aliphatic carbocycles. The Morgan fingerprint density at radius 1 is 1.41 bits per heavy atom. The van der Waals surface area contributed by atoms with E-state index in [1.165, 1.54) is 0 Å². The minimum Gasteiger partial charge on any atom is -0.469 e. The van der Waals surface area contributed by atoms with Gasteiger partial charge in [0.1, 0.15) is 5.82 Å². The molecule has 0 N–H and O–H groups in total. The van der Waals surface area contributed by atoms with Crippen molar-refractivity contribution < 1.29 is 27.1 Å². The van der Waals surface area contributed by atoms with Crippen molar-refractivity contribution in [3.8, 4) is 0 Å². The summed E-state index contributed by atoms with van der Waals surface area (Å²) < 4.78 is 54.8. The van der Waals surface area contributed by atoms with Gasteiger partial charge < -0.3 is 4.74 Å². The second-order valence-electron chi connectivity index (χ2n) is 3.19. The summed E-state index contributed by atoms with van der Waals surface area (Å²) in [5.74, 6) is -1.99. The van der Waals surface area contributed by atoms with Crippen molar-refractivity contribution in [2.24, 2.45) is 0 Å². The molecule has 0 bridgehead atoms. The van der Waals surface area contributed by atoms with Gasteiger partial charge in [0.25, 0.3) is 0 Å². The first-order valence-electron chi connectivity index (χ1n) is 4.37. The van der Waals surface area contributed by atoms with Gasteiger partial charge in [-0.1, -0.05) is 11.6 Å². The molecule has 0 amide bonds. The Kier molecular flexibility index (Phi) is 3.98. The zero-order valence-corrected chi connectivity index (χ0v) is 9.32. The van der Waals surface area contributed by atoms with E-state index in [4.69, 9.17) is 11.6 Å². The van der Waals surface area contributed by atoms with Crippen LogP contribution in [0.15, 0.2) is 12.1 Å². The van der Waals surface area contributed by atoms with E-state index in [2.05, 4.69) is 4.74 Å². The number of alkyl halides is 3. The van der Waals surface area contributed by atoms with E-state index in [0.717, 1.165) is 13.2 Å². The lowest BCUT2D eigenvalue weighted by atomic mass is 10.1. The molecule has 1 aromatic rings. The predicted octanol–water partition coefficient (Wildman–Crippen LogP) is 3.21. The summed E-state index contributed by atoms with van der Waals surface area (Å²) in [6.07, 6.45) is -5.22. The van der Waals surface area contributed by atoms with Crippen LogP contribution < -0.4 is 0 Å². The zero-order valence-electron chi connectivity index (χ0n) is 8.57. The summed E-state index contributed by atoms with van der Waals surface area (Å²) in [5, 5.41) is -1.01. The fraction of sp³-hybridized carbons (Fsp3) is 0.300. The number of carbonyl (C=O) groups is 1. The Balaban J connectivity index is 3.20. The quantitative estimate of drug-likeness (QED) is 0.609. The number of methoxy groups -OCH3 is 1. The monoisotopic (exact) mass is 270 g/mol. The van der Waals surface area contributed by atoms with Crippen molar-refractivity contribution >= 4 is 17.6 Å². The first kappa shape index (κ1) is 13.8. The maximum atomic E-state index is 13.1. The van der Waals surface area contributed by atoms with Gasteiger partial charge in [0.15, 0.2) is 0 Å². The smallest absolute Gasteiger partial charge is 0.417 e. The van der Waals surface area contributed by atoms with Crippen LogP contribution in [-0.4, -0.2) is 13.1 Å². The third-order valence-electron chi connectivity index (χ3n) is 1.97. The predicted molar refractivity (Wildman–Crippen MR) is 52.1 cm³/mol. The van der Waals surface area contributed by atoms with Gasteiger partial charge in [-0.15, -0.1) is 0 Å². The maximum Gasteiger partial charge on any atom is 0.417 e. The molecule has 17 heavy (non-hydrogen) atoms. The summed E-state index contributed by atoms with van der Waals surface area (Å²) in [5.41, 5.74) is -1.45. The Morgan fingerprint density at radius 3 is 2.47 bits per heavy atom. The van der Waals surface area contributed by atoms with E-state index in [1.54, 1.807) is 0 Å². The molecule has 0 saturated carbocycles. The number of benzene rings is 1. The van der Waals surface area contributed by atoms with Gasteiger partial charge in [0, 0.05) is 0 Å². The standard InChI is InChI=1S/C10H7ClF4O2/c1-17-8(16)4-5-2-6(10(13,14)15)9(11)7(12)3-5/h2-3H,4H2,1H3. The highest BCUT2D eigenvalue weighted by Gasteiger charge is 2.35. The molecule has 94 valence electrons. The van der Waals surface area contributed by atoms with E-state index in [-0.39, 0.29) is 5.56 Å². The average molecular weight is 271 g/mol. The van der Waals surface area contributed by atoms with Crippen LogP contribution in [0.5, 0.6) is 0 Å². The molecule has 0 unspecified atom stereocenters. The van der Waals surface area contributed by atoms with Crippen molar-refractivity contribution in [2.45, 2.75) is 12.6 Å². The van der Waals surface area contributed by atoms with Gasteiger partial charge >= 0.3 is 12.1 Å². The number of carbonyl (C=O) groups excluding carboxylic acids is 1. The average Bonchev–Trinajstić information content (AvgIpc) is 2.21. The third-order valence-corrected chi connectivity index (χ3v) is 2.35. The van der Waals surface area contributed by atoms with E-state index < -0.39 is 35.0 Å². The highest BCUT2D eigenvalue weighted by atomic mass is 35.5. The molecule has 0 saturated heterocycles. The molecule has 0 spiro atoms. The molecule has 1 rings (SSSR count). The SMILES string of the molecule is COC(=O)Cc1cc(F)c(Cl)c(C(F)(F)F)c1. The van der Waals surface area contributed by atoms with E-state index >= 15 is 0 Å². The fourth-order valence-corrected chi connectivity index (χ4v) is 1.41. The molecule has 0 aliphatic rings. The lowest BCUT2D eigenvalue weighted by molar-refractivity contribution is -0.140. The first-order valence-corrected chi connectivity index (χ1v) is 4.75. The molecule has 7 heteroatoms. The lowest BCUT2D eigenvalue weighted by Crippen LogP contribution is -2.10. The van der Waals surface area contributed by atoms with E-state index in [1.807, 2.05) is 0 Å². The van der Waals surface area contributed by atoms with Gasteiger partial charge in [-0.2, -0.15) is 13.2 Å². The zero-order chi connectivity index (χ0) is 13.2. The van der Waals surface area contributed by atoms with Gasteiger partial charge in [-0.3, -0.25) is 4.79 Å². The summed E-state index contributed by atoms with van der Waals surface area (Å²) in [7, 11) is 1.08. The third kappa shape index (κ3) is 3.33. The second-order valence-corrected chi connectivity index (χ2v) is 3.57. The summed E-state index contributed by atoms with van der Waals surface area (Å²) in [6.45, 7) is 0. The van der Waals surface area contributed by atoms with Crippen LogP contribution in [0, 0.1) is 5.82 Å². The van der Waals surface area contributed by atoms with Crippen LogP contribution in [0.25, 0.3) is 0 Å². The van der Waals surface area contributed by atoms with Crippen LogP contribution in [0.2, 0.25) is 5.02 Å². The largest absolute Gasteiger partial charge is 0.469 e. The van der Waals surface area contributed by atoms with Crippen LogP contribution in [0.1, 0.15) is 11.1 Å². The van der Waals surface area contributed by atoms with Gasteiger partial charge in [0.2, 0.25) is 0 Å². The number of ether oxygens (including phenoxy) is 1. The van der Waals surface area contributed by atoms with Crippen molar-refractivity contribution in [2.75, 3.05) is 7.11 Å². The Hall–Kier alpha value is -1.30. The summed E-state index contributed by atoms with van der Waals surface area (Å²) >= 11 is 5.21. The van der Waals surface area contributed by atoms with Crippen molar-refractivity contribution in [1.82, 2.24) is 0 Å². The van der Waals surface area contributed by atoms with E-state index in [0.29, 0.717) is 6.07 Å². The van der Waals surface area contributed by atoms with Crippen LogP contribution in [0.3, 0.4) is 0 Å². The van der Waals surface area contributed by atoms with Gasteiger partial charge in [-0.25, -0.2) is 4.39 Å². The van der Waals surface area contributed by atoms with Crippen LogP contribution in [-0.2, 0) is 22.1 Å². The van der Waals surface area contributed by atoms with Crippen molar-refractivity contribution in [3.63, 3.8) is 0 Å². The lowest BCUT2D eigenvalue weighted by Gasteiger charge is -2.11. The molecule has 0 aliphatic heterocycles. The summed E-state index contributed by atoms with van der Waals surface area (Å²) in [4.78, 5) is 10.9. The number of rotatable bonds is 2. The Bertz CT molecular complexity index is 443.